The summed E-state index contributed by atoms with van der Waals surface area (Å²) in [5.41, 5.74) is 0. The molecule has 0 aliphatic heterocycles. The molecular formula is C4H6INS. The Kier molecular flexibility index (Phi) is 4.97. The van der Waals surface area contributed by atoms with E-state index in [2.05, 4.69) is 34.2 Å². The van der Waals surface area contributed by atoms with Crippen molar-refractivity contribution < 1.29 is 0 Å². The first-order valence-electron chi connectivity index (χ1n) is 1.67. The monoisotopic (exact) mass is 227 g/mol. The third-order valence-electron chi connectivity index (χ3n) is 0.428. The highest BCUT2D eigenvalue weighted by Gasteiger charge is 1.77. The van der Waals surface area contributed by atoms with Gasteiger partial charge in [-0.1, -0.05) is 6.58 Å². The Labute approximate surface area is 61.4 Å². The van der Waals surface area contributed by atoms with Gasteiger partial charge in [0.15, 0.2) is 0 Å². The van der Waals surface area contributed by atoms with Crippen LogP contribution in [0.1, 0.15) is 0 Å². The Balaban J connectivity index is 3.37. The molecule has 0 aliphatic rings. The van der Waals surface area contributed by atoms with Crippen LogP contribution < -0.4 is 0 Å². The topological polar surface area (TPSA) is 12.4 Å². The zero-order valence-electron chi connectivity index (χ0n) is 4.02. The number of rotatable bonds is 2. The molecule has 3 heteroatoms. The molecule has 40 valence electrons. The fourth-order valence-corrected chi connectivity index (χ4v) is 0.790. The van der Waals surface area contributed by atoms with Crippen LogP contribution in [0.5, 0.6) is 0 Å². The second-order valence-electron chi connectivity index (χ2n) is 0.825. The Morgan fingerprint density at radius 2 is 2.57 bits per heavy atom. The first-order valence-corrected chi connectivity index (χ1v) is 4.14. The third-order valence-corrected chi connectivity index (χ3v) is 1.28. The highest BCUT2D eigenvalue weighted by atomic mass is 127. The van der Waals surface area contributed by atoms with Crippen molar-refractivity contribution in [1.29, 1.82) is 0 Å². The van der Waals surface area contributed by atoms with Crippen molar-refractivity contribution in [2.45, 2.75) is 0 Å². The van der Waals surface area contributed by atoms with Crippen LogP contribution in [0.15, 0.2) is 16.6 Å². The number of aliphatic imine (C=N–C) groups is 1. The summed E-state index contributed by atoms with van der Waals surface area (Å²) in [7, 11) is 0. The van der Waals surface area contributed by atoms with E-state index >= 15 is 0 Å². The number of hydrogen-bond donors (Lipinski definition) is 0. The number of halogens is 1. The first-order chi connectivity index (χ1) is 3.31. The fourth-order valence-electron chi connectivity index (χ4n) is 0.107. The molecule has 0 spiro atoms. The van der Waals surface area contributed by atoms with E-state index in [1.54, 1.807) is 16.0 Å². The average molecular weight is 227 g/mol. The second-order valence-corrected chi connectivity index (χ2v) is 2.26. The van der Waals surface area contributed by atoms with E-state index in [9.17, 15) is 0 Å². The average Bonchev–Trinajstić information content (AvgIpc) is 1.68. The largest absolute Gasteiger partial charge is 0.244 e. The number of thioether (sulfide) groups is 1. The SMILES string of the molecule is C=C(/N=C\I)SC. The van der Waals surface area contributed by atoms with Crippen LogP contribution in [0.2, 0.25) is 0 Å². The lowest BCUT2D eigenvalue weighted by Gasteiger charge is -1.84. The molecule has 1 nitrogen and oxygen atoms in total. The molecule has 0 aliphatic carbocycles. The lowest BCUT2D eigenvalue weighted by molar-refractivity contribution is 1.60. The van der Waals surface area contributed by atoms with Crippen LogP contribution in [0.4, 0.5) is 0 Å². The van der Waals surface area contributed by atoms with Gasteiger partial charge >= 0.3 is 0 Å². The maximum absolute atomic E-state index is 3.87. The van der Waals surface area contributed by atoms with Crippen molar-refractivity contribution in [2.75, 3.05) is 6.26 Å². The van der Waals surface area contributed by atoms with Crippen molar-refractivity contribution >= 4 is 38.6 Å². The van der Waals surface area contributed by atoms with Gasteiger partial charge in [-0.15, -0.1) is 11.8 Å². The molecule has 0 radical (unpaired) electrons. The van der Waals surface area contributed by atoms with Gasteiger partial charge in [0.05, 0.1) is 9.25 Å². The van der Waals surface area contributed by atoms with Crippen LogP contribution in [0.25, 0.3) is 0 Å². The normalized spacial score (nSPS) is 10.0. The molecule has 0 aromatic heterocycles. The molecule has 0 bridgehead atoms. The van der Waals surface area contributed by atoms with Crippen LogP contribution in [0, 0.1) is 0 Å². The molecular weight excluding hydrogens is 221 g/mol. The molecule has 0 unspecified atom stereocenters. The highest BCUT2D eigenvalue weighted by molar-refractivity contribution is 14.1. The minimum Gasteiger partial charge on any atom is -0.244 e. The summed E-state index contributed by atoms with van der Waals surface area (Å²) in [5.74, 6) is 0. The van der Waals surface area contributed by atoms with Gasteiger partial charge in [-0.25, -0.2) is 4.99 Å². The predicted octanol–water partition coefficient (Wildman–Crippen LogP) is 2.28. The smallest absolute Gasteiger partial charge is 0.0890 e. The minimum absolute atomic E-state index is 0.856. The van der Waals surface area contributed by atoms with Gasteiger partial charge in [-0.3, -0.25) is 0 Å². The Bertz CT molecular complexity index is 89.7. The van der Waals surface area contributed by atoms with Gasteiger partial charge in [0, 0.05) is 0 Å². The standard InChI is InChI=1S/C4H6INS/c1-4(7-2)6-3-5/h3H,1H2,2H3/b6-3-. The summed E-state index contributed by atoms with van der Waals surface area (Å²) in [6, 6.07) is 0. The van der Waals surface area contributed by atoms with Gasteiger partial charge in [0.1, 0.15) is 0 Å². The predicted molar refractivity (Wildman–Crippen MR) is 45.2 cm³/mol. The molecule has 0 heterocycles. The molecule has 0 saturated carbocycles. The molecule has 0 aromatic rings. The maximum Gasteiger partial charge on any atom is 0.0890 e. The van der Waals surface area contributed by atoms with Crippen LogP contribution in [0.3, 0.4) is 0 Å². The quantitative estimate of drug-likeness (QED) is 0.520. The van der Waals surface area contributed by atoms with E-state index < -0.39 is 0 Å². The molecule has 0 saturated heterocycles. The van der Waals surface area contributed by atoms with Crippen molar-refractivity contribution in [1.82, 2.24) is 0 Å². The Morgan fingerprint density at radius 1 is 2.00 bits per heavy atom. The van der Waals surface area contributed by atoms with E-state index in [1.165, 1.54) is 0 Å². The maximum atomic E-state index is 3.87. The van der Waals surface area contributed by atoms with Crippen molar-refractivity contribution in [3.63, 3.8) is 0 Å². The summed E-state index contributed by atoms with van der Waals surface area (Å²) in [6.07, 6.45) is 1.95. The van der Waals surface area contributed by atoms with Crippen molar-refractivity contribution in [3.8, 4) is 0 Å². The summed E-state index contributed by atoms with van der Waals surface area (Å²) in [5, 5.41) is 0.856. The van der Waals surface area contributed by atoms with Gasteiger partial charge in [0.25, 0.3) is 0 Å². The van der Waals surface area contributed by atoms with Gasteiger partial charge in [-0.2, -0.15) is 0 Å². The third kappa shape index (κ3) is 4.34. The molecule has 0 rings (SSSR count). The van der Waals surface area contributed by atoms with E-state index in [0.29, 0.717) is 0 Å². The molecule has 0 amide bonds. The lowest BCUT2D eigenvalue weighted by atomic mass is 11.0. The van der Waals surface area contributed by atoms with Gasteiger partial charge < -0.3 is 0 Å². The molecule has 0 N–H and O–H groups in total. The summed E-state index contributed by atoms with van der Waals surface area (Å²) in [6.45, 7) is 3.62. The highest BCUT2D eigenvalue weighted by Crippen LogP contribution is 2.08. The van der Waals surface area contributed by atoms with Crippen molar-refractivity contribution in [2.24, 2.45) is 4.99 Å². The molecule has 0 atom stereocenters. The van der Waals surface area contributed by atoms with E-state index in [1.807, 2.05) is 6.26 Å². The molecule has 0 aromatic carbocycles. The number of hydrogen-bond acceptors (Lipinski definition) is 2. The van der Waals surface area contributed by atoms with Crippen LogP contribution >= 0.6 is 34.4 Å². The van der Waals surface area contributed by atoms with Gasteiger partial charge in [0.2, 0.25) is 0 Å². The Hall–Kier alpha value is 0.490. The molecule has 0 fully saturated rings. The second kappa shape index (κ2) is 4.64. The van der Waals surface area contributed by atoms with E-state index in [4.69, 9.17) is 0 Å². The summed E-state index contributed by atoms with van der Waals surface area (Å²) < 4.78 is 1.70. The van der Waals surface area contributed by atoms with Crippen LogP contribution in [-0.4, -0.2) is 10.5 Å². The fraction of sp³-hybridized carbons (Fsp3) is 0.250. The van der Waals surface area contributed by atoms with Crippen molar-refractivity contribution in [3.05, 3.63) is 11.6 Å². The van der Waals surface area contributed by atoms with Gasteiger partial charge in [-0.05, 0) is 28.8 Å². The zero-order chi connectivity index (χ0) is 5.70. The Morgan fingerprint density at radius 3 is 2.71 bits per heavy atom. The molecule has 7 heavy (non-hydrogen) atoms. The van der Waals surface area contributed by atoms with E-state index in [-0.39, 0.29) is 0 Å². The summed E-state index contributed by atoms with van der Waals surface area (Å²) in [4.78, 5) is 3.87. The zero-order valence-corrected chi connectivity index (χ0v) is 6.99. The number of nitrogens with zero attached hydrogens (tertiary/aromatic N) is 1. The first kappa shape index (κ1) is 7.49. The van der Waals surface area contributed by atoms with E-state index in [0.717, 1.165) is 5.03 Å². The summed E-state index contributed by atoms with van der Waals surface area (Å²) >= 11 is 3.61. The van der Waals surface area contributed by atoms with Crippen LogP contribution in [-0.2, 0) is 0 Å². The minimum atomic E-state index is 0.856. The lowest BCUT2D eigenvalue weighted by Crippen LogP contribution is -1.60.